The van der Waals surface area contributed by atoms with E-state index in [0.29, 0.717) is 12.3 Å². The maximum atomic E-state index is 11.9. The second-order valence-corrected chi connectivity index (χ2v) is 7.35. The molecule has 0 bridgehead atoms. The summed E-state index contributed by atoms with van der Waals surface area (Å²) in [6.07, 6.45) is 5.66. The third-order valence-corrected chi connectivity index (χ3v) is 5.51. The van der Waals surface area contributed by atoms with E-state index in [2.05, 4.69) is 15.5 Å². The minimum absolute atomic E-state index is 0.139. The molecule has 128 valence electrons. The summed E-state index contributed by atoms with van der Waals surface area (Å²) in [4.78, 5) is 11.9. The van der Waals surface area contributed by atoms with E-state index in [1.165, 1.54) is 25.7 Å². The van der Waals surface area contributed by atoms with Crippen LogP contribution in [0.25, 0.3) is 11.4 Å². The van der Waals surface area contributed by atoms with Gasteiger partial charge >= 0.3 is 0 Å². The van der Waals surface area contributed by atoms with E-state index in [1.807, 2.05) is 41.9 Å². The molecule has 1 saturated carbocycles. The molecule has 1 aromatic carbocycles. The van der Waals surface area contributed by atoms with Crippen LogP contribution in [0.1, 0.15) is 32.1 Å². The molecule has 1 N–H and O–H groups in total. The summed E-state index contributed by atoms with van der Waals surface area (Å²) in [5, 5.41) is 12.4. The lowest BCUT2D eigenvalue weighted by Gasteiger charge is -2.10. The van der Waals surface area contributed by atoms with Gasteiger partial charge in [-0.05, 0) is 18.8 Å². The van der Waals surface area contributed by atoms with Crippen LogP contribution in [0.2, 0.25) is 0 Å². The van der Waals surface area contributed by atoms with Crippen molar-refractivity contribution in [3.8, 4) is 11.4 Å². The van der Waals surface area contributed by atoms with Gasteiger partial charge in [-0.1, -0.05) is 54.9 Å². The number of carbonyl (C=O) groups is 1. The van der Waals surface area contributed by atoms with E-state index < -0.39 is 0 Å². The first kappa shape index (κ1) is 17.0. The molecule has 24 heavy (non-hydrogen) atoms. The number of thioether (sulfide) groups is 1. The minimum Gasteiger partial charge on any atom is -0.356 e. The van der Waals surface area contributed by atoms with Crippen molar-refractivity contribution in [3.63, 3.8) is 0 Å². The Balaban J connectivity index is 1.45. The summed E-state index contributed by atoms with van der Waals surface area (Å²) in [5.74, 6) is 2.40. The monoisotopic (exact) mass is 344 g/mol. The molecule has 0 radical (unpaired) electrons. The van der Waals surface area contributed by atoms with Crippen LogP contribution in [0.15, 0.2) is 35.5 Å². The quantitative estimate of drug-likeness (QED) is 0.783. The molecule has 0 atom stereocenters. The molecule has 1 fully saturated rings. The molecule has 1 aromatic heterocycles. The normalized spacial score (nSPS) is 14.9. The molecule has 2 aromatic rings. The lowest BCUT2D eigenvalue weighted by molar-refractivity contribution is -0.120. The first-order valence-electron chi connectivity index (χ1n) is 8.58. The molecule has 1 heterocycles. The van der Waals surface area contributed by atoms with Gasteiger partial charge in [0.1, 0.15) is 0 Å². The van der Waals surface area contributed by atoms with Crippen molar-refractivity contribution < 1.29 is 4.79 Å². The number of aromatic nitrogens is 3. The fraction of sp³-hybridized carbons (Fsp3) is 0.500. The molecule has 5 nitrogen and oxygen atoms in total. The maximum Gasteiger partial charge on any atom is 0.220 e. The van der Waals surface area contributed by atoms with Crippen molar-refractivity contribution in [3.05, 3.63) is 30.3 Å². The number of benzene rings is 1. The summed E-state index contributed by atoms with van der Waals surface area (Å²) in [6.45, 7) is 0.839. The second kappa shape index (κ2) is 8.33. The highest BCUT2D eigenvalue weighted by Crippen LogP contribution is 2.24. The molecule has 1 aliphatic rings. The number of hydrogen-bond donors (Lipinski definition) is 1. The van der Waals surface area contributed by atoms with Crippen LogP contribution >= 0.6 is 11.8 Å². The van der Waals surface area contributed by atoms with Crippen LogP contribution in [0.4, 0.5) is 0 Å². The van der Waals surface area contributed by atoms with Gasteiger partial charge in [-0.3, -0.25) is 4.79 Å². The summed E-state index contributed by atoms with van der Waals surface area (Å²) >= 11 is 1.58. The Bertz CT molecular complexity index is 665. The molecule has 0 spiro atoms. The van der Waals surface area contributed by atoms with Crippen molar-refractivity contribution in [2.75, 3.05) is 12.3 Å². The van der Waals surface area contributed by atoms with Crippen molar-refractivity contribution in [1.82, 2.24) is 20.1 Å². The molecule has 0 aliphatic heterocycles. The molecule has 1 aliphatic carbocycles. The number of rotatable bonds is 7. The topological polar surface area (TPSA) is 59.8 Å². The Hall–Kier alpha value is -1.82. The Morgan fingerprint density at radius 2 is 2.00 bits per heavy atom. The predicted octanol–water partition coefficient (Wildman–Crippen LogP) is 3.27. The average Bonchev–Trinajstić information content (AvgIpc) is 3.24. The molecule has 0 saturated heterocycles. The van der Waals surface area contributed by atoms with Crippen LogP contribution in [0.3, 0.4) is 0 Å². The summed E-state index contributed by atoms with van der Waals surface area (Å²) in [5.41, 5.74) is 1.05. The van der Waals surface area contributed by atoms with E-state index in [4.69, 9.17) is 0 Å². The van der Waals surface area contributed by atoms with Crippen LogP contribution in [0.5, 0.6) is 0 Å². The van der Waals surface area contributed by atoms with Crippen molar-refractivity contribution in [1.29, 1.82) is 0 Å². The van der Waals surface area contributed by atoms with E-state index >= 15 is 0 Å². The fourth-order valence-electron chi connectivity index (χ4n) is 3.08. The Labute approximate surface area is 147 Å². The summed E-state index contributed by atoms with van der Waals surface area (Å²) in [6, 6.07) is 10.0. The summed E-state index contributed by atoms with van der Waals surface area (Å²) < 4.78 is 1.98. The number of nitrogens with one attached hydrogen (secondary N) is 1. The second-order valence-electron chi connectivity index (χ2n) is 6.28. The van der Waals surface area contributed by atoms with Crippen LogP contribution in [-0.4, -0.2) is 33.0 Å². The highest BCUT2D eigenvalue weighted by molar-refractivity contribution is 7.99. The Morgan fingerprint density at radius 3 is 2.75 bits per heavy atom. The molecule has 1 amide bonds. The van der Waals surface area contributed by atoms with Crippen molar-refractivity contribution in [2.24, 2.45) is 13.0 Å². The first-order valence-corrected chi connectivity index (χ1v) is 9.57. The lowest BCUT2D eigenvalue weighted by Crippen LogP contribution is -2.28. The number of nitrogens with zero attached hydrogens (tertiary/aromatic N) is 3. The lowest BCUT2D eigenvalue weighted by atomic mass is 10.1. The minimum atomic E-state index is 0.139. The molecule has 3 rings (SSSR count). The van der Waals surface area contributed by atoms with Gasteiger partial charge in [0.25, 0.3) is 0 Å². The largest absolute Gasteiger partial charge is 0.356 e. The van der Waals surface area contributed by atoms with Gasteiger partial charge in [-0.15, -0.1) is 10.2 Å². The van der Waals surface area contributed by atoms with Gasteiger partial charge in [0, 0.05) is 31.3 Å². The van der Waals surface area contributed by atoms with E-state index in [9.17, 15) is 4.79 Å². The highest BCUT2D eigenvalue weighted by Gasteiger charge is 2.16. The molecular formula is C18H24N4OS. The van der Waals surface area contributed by atoms with Crippen LogP contribution in [-0.2, 0) is 11.8 Å². The molecular weight excluding hydrogens is 320 g/mol. The number of amides is 1. The predicted molar refractivity (Wildman–Crippen MR) is 96.7 cm³/mol. The number of hydrogen-bond acceptors (Lipinski definition) is 4. The molecule has 6 heteroatoms. The van der Waals surface area contributed by atoms with E-state index in [-0.39, 0.29) is 5.91 Å². The smallest absolute Gasteiger partial charge is 0.220 e. The fourth-order valence-corrected chi connectivity index (χ4v) is 3.92. The average molecular weight is 344 g/mol. The highest BCUT2D eigenvalue weighted by atomic mass is 32.2. The van der Waals surface area contributed by atoms with E-state index in [0.717, 1.165) is 28.8 Å². The van der Waals surface area contributed by atoms with Gasteiger partial charge in [-0.2, -0.15) is 0 Å². The van der Waals surface area contributed by atoms with Crippen molar-refractivity contribution >= 4 is 17.7 Å². The standard InChI is InChI=1S/C18H24N4OS/c1-22-17(15-9-3-2-4-10-15)20-21-18(22)24-12-11-16(23)19-13-14-7-5-6-8-14/h2-4,9-10,14H,5-8,11-13H2,1H3,(H,19,23). The number of carbonyl (C=O) groups excluding carboxylic acids is 1. The van der Waals surface area contributed by atoms with Gasteiger partial charge in [-0.25, -0.2) is 0 Å². The Morgan fingerprint density at radius 1 is 1.25 bits per heavy atom. The zero-order valence-electron chi connectivity index (χ0n) is 14.1. The van der Waals surface area contributed by atoms with Gasteiger partial charge in [0.2, 0.25) is 5.91 Å². The van der Waals surface area contributed by atoms with Crippen LogP contribution < -0.4 is 5.32 Å². The zero-order valence-corrected chi connectivity index (χ0v) is 14.9. The molecule has 0 unspecified atom stereocenters. The van der Waals surface area contributed by atoms with Crippen LogP contribution in [0, 0.1) is 5.92 Å². The van der Waals surface area contributed by atoms with E-state index in [1.54, 1.807) is 11.8 Å². The Kier molecular flexibility index (Phi) is 5.91. The van der Waals surface area contributed by atoms with Gasteiger partial charge in [0.15, 0.2) is 11.0 Å². The van der Waals surface area contributed by atoms with Gasteiger partial charge in [0.05, 0.1) is 0 Å². The maximum absolute atomic E-state index is 11.9. The SMILES string of the molecule is Cn1c(SCCC(=O)NCC2CCCC2)nnc1-c1ccccc1. The van der Waals surface area contributed by atoms with Crippen molar-refractivity contribution in [2.45, 2.75) is 37.3 Å². The van der Waals surface area contributed by atoms with Gasteiger partial charge < -0.3 is 9.88 Å². The third kappa shape index (κ3) is 4.38. The first-order chi connectivity index (χ1) is 11.7. The zero-order chi connectivity index (χ0) is 16.8. The third-order valence-electron chi connectivity index (χ3n) is 4.49. The summed E-state index contributed by atoms with van der Waals surface area (Å²) in [7, 11) is 1.96.